The largest absolute Gasteiger partial charge is 0.380 e. The fourth-order valence-electron chi connectivity index (χ4n) is 3.44. The Kier molecular flexibility index (Phi) is 6.24. The van der Waals surface area contributed by atoms with Gasteiger partial charge in [0.1, 0.15) is 10.7 Å². The van der Waals surface area contributed by atoms with Gasteiger partial charge < -0.3 is 5.32 Å². The van der Waals surface area contributed by atoms with Crippen LogP contribution in [0.2, 0.25) is 5.02 Å². The van der Waals surface area contributed by atoms with Gasteiger partial charge in [-0.3, -0.25) is 9.62 Å². The van der Waals surface area contributed by atoms with E-state index < -0.39 is 20.7 Å². The van der Waals surface area contributed by atoms with Crippen LogP contribution < -0.4 is 10.0 Å². The van der Waals surface area contributed by atoms with Crippen LogP contribution in [0.4, 0.5) is 15.2 Å². The molecule has 30 heavy (non-hydrogen) atoms. The number of nitrogens with one attached hydrogen (secondary N) is 2. The molecule has 1 atom stereocenters. The molecule has 1 aliphatic rings. The molecular formula is C20H20ClFN4O2S2. The van der Waals surface area contributed by atoms with Gasteiger partial charge in [-0.05, 0) is 24.1 Å². The van der Waals surface area contributed by atoms with Crippen LogP contribution in [0.25, 0.3) is 0 Å². The first-order chi connectivity index (χ1) is 14.4. The summed E-state index contributed by atoms with van der Waals surface area (Å²) in [5, 5.41) is 5.19. The summed E-state index contributed by atoms with van der Waals surface area (Å²) in [5.41, 5.74) is 1.62. The molecule has 1 saturated heterocycles. The molecule has 0 aliphatic carbocycles. The van der Waals surface area contributed by atoms with Gasteiger partial charge in [-0.15, -0.1) is 11.3 Å². The minimum absolute atomic E-state index is 0.0986. The zero-order valence-electron chi connectivity index (χ0n) is 15.9. The van der Waals surface area contributed by atoms with E-state index in [0.29, 0.717) is 5.69 Å². The SMILES string of the molecule is O=S(=O)(Nc1nccs1)c1cc(Cl)c(NC2CCN(Cc3ccccc3)C2)cc1F. The highest BCUT2D eigenvalue weighted by Gasteiger charge is 2.26. The monoisotopic (exact) mass is 466 g/mol. The van der Waals surface area contributed by atoms with Crippen molar-refractivity contribution in [3.8, 4) is 0 Å². The first-order valence-electron chi connectivity index (χ1n) is 9.35. The van der Waals surface area contributed by atoms with Crippen LogP contribution >= 0.6 is 22.9 Å². The lowest BCUT2D eigenvalue weighted by Gasteiger charge is -2.18. The van der Waals surface area contributed by atoms with E-state index in [4.69, 9.17) is 11.6 Å². The van der Waals surface area contributed by atoms with Crippen molar-refractivity contribution in [3.63, 3.8) is 0 Å². The summed E-state index contributed by atoms with van der Waals surface area (Å²) in [6, 6.07) is 12.6. The lowest BCUT2D eigenvalue weighted by molar-refractivity contribution is 0.328. The van der Waals surface area contributed by atoms with Crippen molar-refractivity contribution in [2.75, 3.05) is 23.1 Å². The number of halogens is 2. The number of sulfonamides is 1. The van der Waals surface area contributed by atoms with E-state index in [1.165, 1.54) is 11.8 Å². The van der Waals surface area contributed by atoms with Crippen molar-refractivity contribution in [3.05, 3.63) is 70.4 Å². The third-order valence-corrected chi connectivity index (χ3v) is 7.33. The van der Waals surface area contributed by atoms with Crippen molar-refractivity contribution in [2.24, 2.45) is 0 Å². The Balaban J connectivity index is 1.44. The molecule has 4 rings (SSSR count). The van der Waals surface area contributed by atoms with E-state index >= 15 is 0 Å². The van der Waals surface area contributed by atoms with Crippen LogP contribution in [0.1, 0.15) is 12.0 Å². The lowest BCUT2D eigenvalue weighted by atomic mass is 10.2. The highest BCUT2D eigenvalue weighted by molar-refractivity contribution is 7.93. The first-order valence-corrected chi connectivity index (χ1v) is 12.1. The van der Waals surface area contributed by atoms with Gasteiger partial charge in [0.15, 0.2) is 5.13 Å². The average Bonchev–Trinajstić information content (AvgIpc) is 3.37. The van der Waals surface area contributed by atoms with E-state index in [1.807, 2.05) is 18.2 Å². The summed E-state index contributed by atoms with van der Waals surface area (Å²) < 4.78 is 41.9. The van der Waals surface area contributed by atoms with Gasteiger partial charge in [0, 0.05) is 37.3 Å². The molecule has 0 bridgehead atoms. The number of anilines is 2. The molecule has 1 unspecified atom stereocenters. The molecule has 0 radical (unpaired) electrons. The Morgan fingerprint density at radius 2 is 2.07 bits per heavy atom. The van der Waals surface area contributed by atoms with Crippen LogP contribution in [-0.4, -0.2) is 37.4 Å². The standard InChI is InChI=1S/C20H20ClFN4O2S2/c21-16-10-19(30(27,28)25-20-23-7-9-29-20)17(22)11-18(16)24-15-6-8-26(13-15)12-14-4-2-1-3-5-14/h1-5,7,9-11,15,24H,6,8,12-13H2,(H,23,25). The average molecular weight is 467 g/mol. The molecule has 2 aromatic carbocycles. The third kappa shape index (κ3) is 4.92. The molecule has 0 saturated carbocycles. The minimum Gasteiger partial charge on any atom is -0.380 e. The van der Waals surface area contributed by atoms with Gasteiger partial charge in [-0.1, -0.05) is 41.9 Å². The number of rotatable bonds is 7. The Morgan fingerprint density at radius 1 is 1.27 bits per heavy atom. The lowest BCUT2D eigenvalue weighted by Crippen LogP contribution is -2.26. The number of likely N-dealkylation sites (tertiary alicyclic amines) is 1. The predicted molar refractivity (Wildman–Crippen MR) is 118 cm³/mol. The number of hydrogen-bond acceptors (Lipinski definition) is 6. The second kappa shape index (κ2) is 8.89. The molecule has 1 fully saturated rings. The van der Waals surface area contributed by atoms with E-state index in [9.17, 15) is 12.8 Å². The molecule has 1 aliphatic heterocycles. The van der Waals surface area contributed by atoms with Crippen LogP contribution in [0.3, 0.4) is 0 Å². The molecule has 0 spiro atoms. The predicted octanol–water partition coefficient (Wildman–Crippen LogP) is 4.42. The van der Waals surface area contributed by atoms with Crippen LogP contribution in [-0.2, 0) is 16.6 Å². The van der Waals surface area contributed by atoms with Crippen molar-refractivity contribution in [2.45, 2.75) is 23.9 Å². The summed E-state index contributed by atoms with van der Waals surface area (Å²) in [6.45, 7) is 2.55. The van der Waals surface area contributed by atoms with E-state index in [0.717, 1.165) is 49.5 Å². The summed E-state index contributed by atoms with van der Waals surface area (Å²) in [6.07, 6.45) is 2.35. The molecular weight excluding hydrogens is 447 g/mol. The Hall–Kier alpha value is -2.20. The van der Waals surface area contributed by atoms with E-state index in [1.54, 1.807) is 5.38 Å². The van der Waals surface area contributed by atoms with Gasteiger partial charge in [0.2, 0.25) is 0 Å². The van der Waals surface area contributed by atoms with Gasteiger partial charge in [0.25, 0.3) is 10.0 Å². The quantitative estimate of drug-likeness (QED) is 0.539. The van der Waals surface area contributed by atoms with Crippen LogP contribution in [0.15, 0.2) is 58.9 Å². The summed E-state index contributed by atoms with van der Waals surface area (Å²) in [4.78, 5) is 5.66. The van der Waals surface area contributed by atoms with Crippen LogP contribution in [0.5, 0.6) is 0 Å². The van der Waals surface area contributed by atoms with Crippen molar-refractivity contribution in [1.29, 1.82) is 0 Å². The number of aromatic nitrogens is 1. The zero-order chi connectivity index (χ0) is 21.1. The third-order valence-electron chi connectivity index (χ3n) is 4.85. The van der Waals surface area contributed by atoms with Crippen molar-refractivity contribution >= 4 is 43.8 Å². The maximum Gasteiger partial charge on any atom is 0.266 e. The number of benzene rings is 2. The normalized spacial score (nSPS) is 17.2. The number of thiazole rings is 1. The zero-order valence-corrected chi connectivity index (χ0v) is 18.3. The molecule has 158 valence electrons. The maximum absolute atomic E-state index is 14.6. The number of hydrogen-bond donors (Lipinski definition) is 2. The smallest absolute Gasteiger partial charge is 0.266 e. The molecule has 2 heterocycles. The van der Waals surface area contributed by atoms with Gasteiger partial charge in [-0.2, -0.15) is 0 Å². The summed E-state index contributed by atoms with van der Waals surface area (Å²) in [7, 11) is -4.12. The van der Waals surface area contributed by atoms with E-state index in [2.05, 4.69) is 32.1 Å². The second-order valence-corrected chi connectivity index (χ2v) is 10.0. The van der Waals surface area contributed by atoms with Crippen LogP contribution in [0, 0.1) is 5.82 Å². The Morgan fingerprint density at radius 3 is 2.80 bits per heavy atom. The topological polar surface area (TPSA) is 74.3 Å². The molecule has 0 amide bonds. The highest BCUT2D eigenvalue weighted by atomic mass is 35.5. The Labute approximate surface area is 183 Å². The minimum atomic E-state index is -4.12. The highest BCUT2D eigenvalue weighted by Crippen LogP contribution is 2.31. The van der Waals surface area contributed by atoms with Crippen molar-refractivity contribution in [1.82, 2.24) is 9.88 Å². The molecule has 6 nitrogen and oxygen atoms in total. The first kappa shape index (κ1) is 21.0. The maximum atomic E-state index is 14.6. The molecule has 3 aromatic rings. The van der Waals surface area contributed by atoms with Crippen molar-refractivity contribution < 1.29 is 12.8 Å². The summed E-state index contributed by atoms with van der Waals surface area (Å²) >= 11 is 7.39. The second-order valence-electron chi connectivity index (χ2n) is 7.06. The van der Waals surface area contributed by atoms with Gasteiger partial charge >= 0.3 is 0 Å². The van der Waals surface area contributed by atoms with Gasteiger partial charge in [-0.25, -0.2) is 17.8 Å². The fourth-order valence-corrected chi connectivity index (χ4v) is 5.60. The fraction of sp³-hybridized carbons (Fsp3) is 0.250. The van der Waals surface area contributed by atoms with Gasteiger partial charge in [0.05, 0.1) is 10.7 Å². The Bertz CT molecular complexity index is 1110. The van der Waals surface area contributed by atoms with E-state index in [-0.39, 0.29) is 16.2 Å². The summed E-state index contributed by atoms with van der Waals surface area (Å²) in [5.74, 6) is -0.870. The number of nitrogens with zero attached hydrogens (tertiary/aromatic N) is 2. The molecule has 1 aromatic heterocycles. The molecule has 10 heteroatoms. The molecule has 2 N–H and O–H groups in total.